The van der Waals surface area contributed by atoms with E-state index in [4.69, 9.17) is 28.9 Å². The van der Waals surface area contributed by atoms with Gasteiger partial charge in [0.1, 0.15) is 0 Å². The molecule has 0 aliphatic rings. The van der Waals surface area contributed by atoms with Gasteiger partial charge in [0.2, 0.25) is 0 Å². The van der Waals surface area contributed by atoms with Crippen LogP contribution in [0, 0.1) is 0 Å². The molecule has 3 nitrogen and oxygen atoms in total. The first-order chi connectivity index (χ1) is 9.04. The molecule has 0 amide bonds. The van der Waals surface area contributed by atoms with Gasteiger partial charge in [-0.15, -0.1) is 0 Å². The number of imidazole rings is 1. The summed E-state index contributed by atoms with van der Waals surface area (Å²) in [5, 5.41) is 1.29. The second kappa shape index (κ2) is 5.95. The van der Waals surface area contributed by atoms with E-state index >= 15 is 0 Å². The molecule has 2 N–H and O–H groups in total. The summed E-state index contributed by atoms with van der Waals surface area (Å²) in [5.74, 6) is 0. The number of nitrogens with two attached hydrogens (primary N) is 1. The van der Waals surface area contributed by atoms with Gasteiger partial charge in [-0.2, -0.15) is 0 Å². The fraction of sp³-hybridized carbons (Fsp3) is 0.357. The van der Waals surface area contributed by atoms with Gasteiger partial charge in [-0.3, -0.25) is 0 Å². The third-order valence-corrected chi connectivity index (χ3v) is 3.91. The van der Waals surface area contributed by atoms with Crippen LogP contribution in [0.5, 0.6) is 0 Å². The molecule has 2 atom stereocenters. The van der Waals surface area contributed by atoms with E-state index in [0.29, 0.717) is 10.0 Å². The lowest BCUT2D eigenvalue weighted by Gasteiger charge is -2.20. The summed E-state index contributed by atoms with van der Waals surface area (Å²) < 4.78 is 2.06. The summed E-state index contributed by atoms with van der Waals surface area (Å²) in [6.45, 7) is 4.13. The molecule has 102 valence electrons. The van der Waals surface area contributed by atoms with Crippen LogP contribution in [0.3, 0.4) is 0 Å². The second-order valence-corrected chi connectivity index (χ2v) is 5.43. The number of hydrogen-bond acceptors (Lipinski definition) is 2. The van der Waals surface area contributed by atoms with Crippen LogP contribution in [0.4, 0.5) is 0 Å². The van der Waals surface area contributed by atoms with E-state index in [1.165, 1.54) is 0 Å². The van der Waals surface area contributed by atoms with Crippen LogP contribution in [0.2, 0.25) is 10.0 Å². The molecule has 5 heteroatoms. The van der Waals surface area contributed by atoms with Crippen molar-refractivity contribution in [2.24, 2.45) is 5.73 Å². The molecule has 0 aliphatic heterocycles. The van der Waals surface area contributed by atoms with Crippen LogP contribution in [-0.4, -0.2) is 9.55 Å². The van der Waals surface area contributed by atoms with Gasteiger partial charge in [0.25, 0.3) is 0 Å². The van der Waals surface area contributed by atoms with Crippen LogP contribution < -0.4 is 5.73 Å². The Bertz CT molecular complexity index is 566. The van der Waals surface area contributed by atoms with Crippen molar-refractivity contribution in [1.29, 1.82) is 0 Å². The van der Waals surface area contributed by atoms with Crippen LogP contribution in [-0.2, 0) is 0 Å². The minimum absolute atomic E-state index is 0.0176. The summed E-state index contributed by atoms with van der Waals surface area (Å²) in [6.07, 6.45) is 4.47. The molecule has 0 saturated carbocycles. The van der Waals surface area contributed by atoms with Gasteiger partial charge in [0.05, 0.1) is 18.1 Å². The average molecular weight is 298 g/mol. The monoisotopic (exact) mass is 297 g/mol. The fourth-order valence-electron chi connectivity index (χ4n) is 2.12. The molecule has 0 aliphatic carbocycles. The van der Waals surface area contributed by atoms with Crippen LogP contribution in [0.15, 0.2) is 30.7 Å². The van der Waals surface area contributed by atoms with Gasteiger partial charge in [0, 0.05) is 22.3 Å². The lowest BCUT2D eigenvalue weighted by Crippen LogP contribution is -2.17. The Morgan fingerprint density at radius 2 is 2.11 bits per heavy atom. The van der Waals surface area contributed by atoms with E-state index in [9.17, 15) is 0 Å². The number of benzene rings is 1. The molecule has 0 saturated heterocycles. The van der Waals surface area contributed by atoms with E-state index in [0.717, 1.165) is 17.7 Å². The molecule has 0 fully saturated rings. The van der Waals surface area contributed by atoms with Crippen molar-refractivity contribution in [3.05, 3.63) is 52.0 Å². The molecule has 0 bridgehead atoms. The van der Waals surface area contributed by atoms with Crippen molar-refractivity contribution < 1.29 is 0 Å². The maximum atomic E-state index is 6.26. The quantitative estimate of drug-likeness (QED) is 0.919. The van der Waals surface area contributed by atoms with Crippen molar-refractivity contribution in [3.8, 4) is 0 Å². The van der Waals surface area contributed by atoms with Gasteiger partial charge < -0.3 is 10.3 Å². The number of halogens is 2. The first-order valence-corrected chi connectivity index (χ1v) is 7.02. The van der Waals surface area contributed by atoms with Crippen molar-refractivity contribution in [1.82, 2.24) is 9.55 Å². The largest absolute Gasteiger partial charge is 0.326 e. The average Bonchev–Trinajstić information content (AvgIpc) is 2.86. The third-order valence-electron chi connectivity index (χ3n) is 3.35. The number of nitrogens with zero attached hydrogens (tertiary/aromatic N) is 2. The van der Waals surface area contributed by atoms with Crippen molar-refractivity contribution >= 4 is 23.2 Å². The molecule has 1 heterocycles. The zero-order chi connectivity index (χ0) is 14.0. The van der Waals surface area contributed by atoms with Crippen LogP contribution in [0.25, 0.3) is 0 Å². The summed E-state index contributed by atoms with van der Waals surface area (Å²) in [5.41, 5.74) is 8.13. The molecule has 0 radical (unpaired) electrons. The van der Waals surface area contributed by atoms with Gasteiger partial charge in [0.15, 0.2) is 0 Å². The highest BCUT2D eigenvalue weighted by molar-refractivity contribution is 6.35. The highest BCUT2D eigenvalue weighted by atomic mass is 35.5. The maximum Gasteiger partial charge on any atom is 0.0954 e. The van der Waals surface area contributed by atoms with Crippen molar-refractivity contribution in [3.63, 3.8) is 0 Å². The topological polar surface area (TPSA) is 43.8 Å². The minimum atomic E-state index is -0.0176. The van der Waals surface area contributed by atoms with Gasteiger partial charge in [-0.1, -0.05) is 36.2 Å². The molecule has 1 unspecified atom stereocenters. The summed E-state index contributed by atoms with van der Waals surface area (Å²) >= 11 is 12.2. The predicted molar refractivity (Wildman–Crippen MR) is 79.7 cm³/mol. The van der Waals surface area contributed by atoms with Crippen LogP contribution in [0.1, 0.15) is 43.6 Å². The highest BCUT2D eigenvalue weighted by Gasteiger charge is 2.17. The Morgan fingerprint density at radius 3 is 2.74 bits per heavy atom. The van der Waals surface area contributed by atoms with Crippen molar-refractivity contribution in [2.75, 3.05) is 0 Å². The summed E-state index contributed by atoms with van der Waals surface area (Å²) in [7, 11) is 0. The van der Waals surface area contributed by atoms with E-state index in [2.05, 4.69) is 23.4 Å². The predicted octanol–water partition coefficient (Wildman–Crippen LogP) is 4.21. The molecule has 1 aromatic heterocycles. The highest BCUT2D eigenvalue weighted by Crippen LogP contribution is 2.30. The molecule has 1 aromatic carbocycles. The smallest absolute Gasteiger partial charge is 0.0954 e. The van der Waals surface area contributed by atoms with E-state index < -0.39 is 0 Å². The molecule has 2 rings (SSSR count). The van der Waals surface area contributed by atoms with Crippen molar-refractivity contribution in [2.45, 2.75) is 32.4 Å². The first kappa shape index (κ1) is 14.4. The lowest BCUT2D eigenvalue weighted by molar-refractivity contribution is 0.558. The Labute approximate surface area is 123 Å². The van der Waals surface area contributed by atoms with Gasteiger partial charge in [-0.25, -0.2) is 4.98 Å². The van der Waals surface area contributed by atoms with E-state index in [1.54, 1.807) is 12.4 Å². The Hall–Kier alpha value is -1.03. The molecule has 2 aromatic rings. The molecular formula is C14H17Cl2N3. The Morgan fingerprint density at radius 1 is 1.37 bits per heavy atom. The Kier molecular flexibility index (Phi) is 4.50. The number of aromatic nitrogens is 2. The third kappa shape index (κ3) is 2.94. The molecule has 19 heavy (non-hydrogen) atoms. The molecular weight excluding hydrogens is 281 g/mol. The van der Waals surface area contributed by atoms with Gasteiger partial charge in [-0.05, 0) is 31.0 Å². The normalized spacial score (nSPS) is 14.4. The van der Waals surface area contributed by atoms with E-state index in [-0.39, 0.29) is 12.1 Å². The summed E-state index contributed by atoms with van der Waals surface area (Å²) in [6, 6.07) is 5.59. The van der Waals surface area contributed by atoms with Gasteiger partial charge >= 0.3 is 0 Å². The molecule has 0 spiro atoms. The summed E-state index contributed by atoms with van der Waals surface area (Å²) in [4.78, 5) is 4.20. The fourth-order valence-corrected chi connectivity index (χ4v) is 2.69. The number of hydrogen-bond donors (Lipinski definition) is 1. The lowest BCUT2D eigenvalue weighted by atomic mass is 10.1. The Balaban J connectivity index is 2.39. The zero-order valence-electron chi connectivity index (χ0n) is 11.0. The zero-order valence-corrected chi connectivity index (χ0v) is 12.5. The maximum absolute atomic E-state index is 6.26. The standard InChI is InChI=1S/C14H17Cl2N3/c1-3-13(17)14-7-18-8-19(14)9(2)11-5-4-10(15)6-12(11)16/h4-9,13H,3,17H2,1-2H3/t9?,13-/m1/s1. The SMILES string of the molecule is CC[C@@H](N)c1cncn1C(C)c1ccc(Cl)cc1Cl. The van der Waals surface area contributed by atoms with E-state index in [1.807, 2.05) is 18.3 Å². The first-order valence-electron chi connectivity index (χ1n) is 6.26. The second-order valence-electron chi connectivity index (χ2n) is 4.58. The minimum Gasteiger partial charge on any atom is -0.326 e. The number of rotatable bonds is 4. The van der Waals surface area contributed by atoms with Crippen LogP contribution >= 0.6 is 23.2 Å².